The maximum absolute atomic E-state index is 13.6. The van der Waals surface area contributed by atoms with E-state index in [1.54, 1.807) is 41.0 Å². The maximum Gasteiger partial charge on any atom is 0.244 e. The van der Waals surface area contributed by atoms with E-state index in [2.05, 4.69) is 5.32 Å². The molecule has 0 spiro atoms. The van der Waals surface area contributed by atoms with Gasteiger partial charge in [-0.3, -0.25) is 14.4 Å². The fourth-order valence-corrected chi connectivity index (χ4v) is 4.30. The minimum absolute atomic E-state index is 0.0651. The number of anilines is 1. The third-order valence-electron chi connectivity index (χ3n) is 6.59. The highest BCUT2D eigenvalue weighted by Gasteiger charge is 2.21. The zero-order chi connectivity index (χ0) is 28.3. The lowest BCUT2D eigenvalue weighted by Gasteiger charge is -2.17. The van der Waals surface area contributed by atoms with Crippen LogP contribution in [0.3, 0.4) is 0 Å². The number of ketones is 1. The Morgan fingerprint density at radius 1 is 0.795 bits per heavy atom. The normalized spacial score (nSPS) is 10.7. The van der Waals surface area contributed by atoms with Crippen molar-refractivity contribution < 1.29 is 28.5 Å². The smallest absolute Gasteiger partial charge is 0.244 e. The molecule has 0 fully saturated rings. The molecular formula is C30H30N2O7. The second kappa shape index (κ2) is 11.3. The summed E-state index contributed by atoms with van der Waals surface area (Å²) in [7, 11) is 5.96. The van der Waals surface area contributed by atoms with E-state index in [0.717, 1.165) is 11.1 Å². The summed E-state index contributed by atoms with van der Waals surface area (Å²) < 4.78 is 23.0. The van der Waals surface area contributed by atoms with E-state index >= 15 is 0 Å². The molecule has 0 radical (unpaired) electrons. The highest BCUT2D eigenvalue weighted by atomic mass is 16.5. The van der Waals surface area contributed by atoms with Gasteiger partial charge in [-0.15, -0.1) is 0 Å². The Morgan fingerprint density at radius 2 is 1.49 bits per heavy atom. The van der Waals surface area contributed by atoms with E-state index in [9.17, 15) is 14.4 Å². The van der Waals surface area contributed by atoms with Crippen molar-refractivity contribution in [2.45, 2.75) is 20.4 Å². The number of aromatic nitrogens is 1. The Balaban J connectivity index is 1.84. The number of carbonyl (C=O) groups excluding carboxylic acids is 2. The molecule has 0 aliphatic heterocycles. The Bertz CT molecular complexity index is 1640. The zero-order valence-corrected chi connectivity index (χ0v) is 22.7. The van der Waals surface area contributed by atoms with Gasteiger partial charge in [0.15, 0.2) is 17.3 Å². The molecule has 0 atom stereocenters. The van der Waals surface area contributed by atoms with Gasteiger partial charge in [-0.2, -0.15) is 0 Å². The van der Waals surface area contributed by atoms with Gasteiger partial charge in [0.25, 0.3) is 0 Å². The summed E-state index contributed by atoms with van der Waals surface area (Å²) in [6.07, 6.45) is 1.41. The number of nitrogens with zero attached hydrogens (tertiary/aromatic N) is 1. The number of fused-ring (bicyclic) bond motifs is 1. The molecule has 1 amide bonds. The number of carbonyl (C=O) groups is 2. The molecule has 1 heterocycles. The van der Waals surface area contributed by atoms with Gasteiger partial charge in [-0.05, 0) is 49.2 Å². The number of benzene rings is 3. The minimum atomic E-state index is -0.472. The van der Waals surface area contributed by atoms with Crippen molar-refractivity contribution in [3.63, 3.8) is 0 Å². The number of amides is 1. The number of hydrogen-bond acceptors (Lipinski definition) is 7. The van der Waals surface area contributed by atoms with Gasteiger partial charge in [0.1, 0.15) is 18.0 Å². The lowest BCUT2D eigenvalue weighted by atomic mass is 9.98. The van der Waals surface area contributed by atoms with Crippen LogP contribution in [-0.2, 0) is 11.3 Å². The highest BCUT2D eigenvalue weighted by molar-refractivity contribution is 6.10. The average Bonchev–Trinajstić information content (AvgIpc) is 2.94. The molecule has 9 heteroatoms. The largest absolute Gasteiger partial charge is 0.497 e. The third kappa shape index (κ3) is 5.43. The van der Waals surface area contributed by atoms with E-state index in [0.29, 0.717) is 39.8 Å². The monoisotopic (exact) mass is 530 g/mol. The first kappa shape index (κ1) is 27.3. The van der Waals surface area contributed by atoms with E-state index in [1.807, 2.05) is 19.9 Å². The molecule has 4 rings (SSSR count). The van der Waals surface area contributed by atoms with Crippen LogP contribution in [0.4, 0.5) is 5.69 Å². The first-order valence-corrected chi connectivity index (χ1v) is 12.1. The lowest BCUT2D eigenvalue weighted by Crippen LogP contribution is -2.24. The van der Waals surface area contributed by atoms with Crippen molar-refractivity contribution in [2.75, 3.05) is 33.8 Å². The summed E-state index contributed by atoms with van der Waals surface area (Å²) in [5.41, 5.74) is 2.63. The summed E-state index contributed by atoms with van der Waals surface area (Å²) >= 11 is 0. The van der Waals surface area contributed by atoms with Crippen molar-refractivity contribution in [3.05, 3.63) is 87.2 Å². The Hall–Kier alpha value is -4.79. The van der Waals surface area contributed by atoms with E-state index in [4.69, 9.17) is 18.9 Å². The molecule has 3 aromatic carbocycles. The first-order valence-electron chi connectivity index (χ1n) is 12.1. The second-order valence-corrected chi connectivity index (χ2v) is 8.97. The van der Waals surface area contributed by atoms with Crippen LogP contribution in [0.5, 0.6) is 23.0 Å². The number of methoxy groups -OCH3 is 4. The first-order chi connectivity index (χ1) is 18.7. The van der Waals surface area contributed by atoms with E-state index < -0.39 is 17.1 Å². The summed E-state index contributed by atoms with van der Waals surface area (Å²) in [4.78, 5) is 40.4. The standard InChI is InChI=1S/C30H30N2O7/c1-17-7-8-19(11-18(17)2)29(34)22-15-32(24-14-27(39-6)26(38-5)13-21(24)30(22)35)16-28(33)31-23-12-20(36-3)9-10-25(23)37-4/h7-15H,16H2,1-6H3,(H,31,33). The van der Waals surface area contributed by atoms with Crippen LogP contribution in [0.25, 0.3) is 10.9 Å². The quantitative estimate of drug-likeness (QED) is 0.317. The molecule has 1 aromatic heterocycles. The number of ether oxygens (including phenoxy) is 4. The molecule has 0 saturated carbocycles. The van der Waals surface area contributed by atoms with Crippen LogP contribution in [0, 0.1) is 13.8 Å². The maximum atomic E-state index is 13.6. The zero-order valence-electron chi connectivity index (χ0n) is 22.7. The van der Waals surface area contributed by atoms with Crippen LogP contribution >= 0.6 is 0 Å². The lowest BCUT2D eigenvalue weighted by molar-refractivity contribution is -0.116. The van der Waals surface area contributed by atoms with Gasteiger partial charge >= 0.3 is 0 Å². The van der Waals surface area contributed by atoms with Crippen LogP contribution in [0.2, 0.25) is 0 Å². The Morgan fingerprint density at radius 3 is 2.13 bits per heavy atom. The molecule has 0 aliphatic carbocycles. The third-order valence-corrected chi connectivity index (χ3v) is 6.59. The van der Waals surface area contributed by atoms with Crippen LogP contribution in [0.1, 0.15) is 27.0 Å². The molecule has 0 aliphatic rings. The van der Waals surface area contributed by atoms with Crippen molar-refractivity contribution in [1.82, 2.24) is 4.57 Å². The highest BCUT2D eigenvalue weighted by Crippen LogP contribution is 2.32. The molecule has 0 bridgehead atoms. The molecule has 0 unspecified atom stereocenters. The number of rotatable bonds is 9. The van der Waals surface area contributed by atoms with Crippen LogP contribution in [-0.4, -0.2) is 44.7 Å². The van der Waals surface area contributed by atoms with E-state index in [1.165, 1.54) is 40.7 Å². The topological polar surface area (TPSA) is 105 Å². The van der Waals surface area contributed by atoms with Crippen LogP contribution in [0.15, 0.2) is 59.5 Å². The molecular weight excluding hydrogens is 500 g/mol. The fraction of sp³-hybridized carbons (Fsp3) is 0.233. The molecule has 0 saturated heterocycles. The molecule has 9 nitrogen and oxygen atoms in total. The predicted molar refractivity (Wildman–Crippen MR) is 149 cm³/mol. The van der Waals surface area contributed by atoms with Gasteiger partial charge < -0.3 is 28.8 Å². The summed E-state index contributed by atoms with van der Waals surface area (Å²) in [6.45, 7) is 3.64. The fourth-order valence-electron chi connectivity index (χ4n) is 4.30. The minimum Gasteiger partial charge on any atom is -0.497 e. The Kier molecular flexibility index (Phi) is 7.90. The molecule has 1 N–H and O–H groups in total. The van der Waals surface area contributed by atoms with E-state index in [-0.39, 0.29) is 17.5 Å². The number of aryl methyl sites for hydroxylation is 2. The van der Waals surface area contributed by atoms with Gasteiger partial charge in [0, 0.05) is 23.9 Å². The predicted octanol–water partition coefficient (Wildman–Crippen LogP) is 4.52. The number of pyridine rings is 1. The SMILES string of the molecule is COc1ccc(OC)c(NC(=O)Cn2cc(C(=O)c3ccc(C)c(C)c3)c(=O)c3cc(OC)c(OC)cc32)c1. The van der Waals surface area contributed by atoms with Crippen molar-refractivity contribution in [2.24, 2.45) is 0 Å². The van der Waals surface area contributed by atoms with Gasteiger partial charge in [0.05, 0.1) is 50.6 Å². The summed E-state index contributed by atoms with van der Waals surface area (Å²) in [5.74, 6) is 0.842. The van der Waals surface area contributed by atoms with Crippen molar-refractivity contribution in [1.29, 1.82) is 0 Å². The van der Waals surface area contributed by atoms with Gasteiger partial charge in [-0.25, -0.2) is 0 Å². The molecule has 202 valence electrons. The van der Waals surface area contributed by atoms with Gasteiger partial charge in [-0.1, -0.05) is 12.1 Å². The van der Waals surface area contributed by atoms with Crippen LogP contribution < -0.4 is 29.7 Å². The number of hydrogen-bond donors (Lipinski definition) is 1. The Labute approximate surface area is 225 Å². The second-order valence-electron chi connectivity index (χ2n) is 8.97. The molecule has 4 aromatic rings. The molecule has 39 heavy (non-hydrogen) atoms. The van der Waals surface area contributed by atoms with Crippen molar-refractivity contribution in [3.8, 4) is 23.0 Å². The van der Waals surface area contributed by atoms with Gasteiger partial charge in [0.2, 0.25) is 11.3 Å². The summed E-state index contributed by atoms with van der Waals surface area (Å²) in [5, 5.41) is 3.04. The van der Waals surface area contributed by atoms with Crippen molar-refractivity contribution >= 4 is 28.3 Å². The number of nitrogens with one attached hydrogen (secondary N) is 1. The summed E-state index contributed by atoms with van der Waals surface area (Å²) in [6, 6.07) is 13.5. The average molecular weight is 531 g/mol.